The molecule has 0 unspecified atom stereocenters. The van der Waals surface area contributed by atoms with Crippen LogP contribution in [-0.2, 0) is 27.4 Å². The number of carbonyl (C=O) groups excluding carboxylic acids is 3. The van der Waals surface area contributed by atoms with Crippen LogP contribution >= 0.6 is 0 Å². The number of anilines is 1. The van der Waals surface area contributed by atoms with Gasteiger partial charge in [-0.2, -0.15) is 5.26 Å². The van der Waals surface area contributed by atoms with Gasteiger partial charge in [-0.3, -0.25) is 19.9 Å². The van der Waals surface area contributed by atoms with E-state index in [1.807, 2.05) is 25.8 Å². The lowest BCUT2D eigenvalue weighted by Gasteiger charge is -2.33. The van der Waals surface area contributed by atoms with E-state index in [-0.39, 0.29) is 49.9 Å². The van der Waals surface area contributed by atoms with Crippen LogP contribution in [0.2, 0.25) is 0 Å². The number of hydrogen-bond acceptors (Lipinski definition) is 7. The number of nitriles is 1. The number of carbonyl (C=O) groups is 3. The predicted octanol–water partition coefficient (Wildman–Crippen LogP) is 3.96. The van der Waals surface area contributed by atoms with Crippen LogP contribution in [0.3, 0.4) is 0 Å². The van der Waals surface area contributed by atoms with Crippen molar-refractivity contribution in [2.24, 2.45) is 0 Å². The zero-order valence-electron chi connectivity index (χ0n) is 25.5. The molecule has 0 aromatic heterocycles. The molecular formula is C31H41FN6O4. The first kappa shape index (κ1) is 32.5. The van der Waals surface area contributed by atoms with Crippen molar-refractivity contribution in [1.29, 1.82) is 5.26 Å². The van der Waals surface area contributed by atoms with E-state index in [0.717, 1.165) is 16.7 Å². The number of rotatable bonds is 10. The van der Waals surface area contributed by atoms with E-state index in [2.05, 4.69) is 11.4 Å². The fourth-order valence-corrected chi connectivity index (χ4v) is 4.64. The maximum atomic E-state index is 13.6. The van der Waals surface area contributed by atoms with Crippen molar-refractivity contribution >= 4 is 23.6 Å². The quantitative estimate of drug-likeness (QED) is 0.453. The summed E-state index contributed by atoms with van der Waals surface area (Å²) in [7, 11) is 1.65. The summed E-state index contributed by atoms with van der Waals surface area (Å²) in [6, 6.07) is 11.6. The Labute approximate surface area is 247 Å². The first-order chi connectivity index (χ1) is 19.7. The van der Waals surface area contributed by atoms with Crippen molar-refractivity contribution in [2.45, 2.75) is 66.3 Å². The predicted molar refractivity (Wildman–Crippen MR) is 158 cm³/mol. The van der Waals surface area contributed by atoms with E-state index in [9.17, 15) is 24.0 Å². The molecule has 1 aliphatic heterocycles. The molecule has 1 aliphatic rings. The van der Waals surface area contributed by atoms with Crippen molar-refractivity contribution in [1.82, 2.24) is 20.2 Å². The summed E-state index contributed by atoms with van der Waals surface area (Å²) in [5.41, 5.74) is 2.87. The summed E-state index contributed by atoms with van der Waals surface area (Å²) in [4.78, 5) is 42.4. The second-order valence-corrected chi connectivity index (χ2v) is 11.7. The maximum absolute atomic E-state index is 13.6. The van der Waals surface area contributed by atoms with Crippen molar-refractivity contribution in [2.75, 3.05) is 38.1 Å². The van der Waals surface area contributed by atoms with Crippen LogP contribution in [0.25, 0.3) is 0 Å². The van der Waals surface area contributed by atoms with Crippen LogP contribution in [0.15, 0.2) is 36.4 Å². The first-order valence-electron chi connectivity index (χ1n) is 14.0. The molecule has 2 aromatic rings. The molecule has 0 radical (unpaired) electrons. The molecule has 3 amide bonds. The molecule has 1 N–H and O–H groups in total. The Morgan fingerprint density at radius 3 is 2.36 bits per heavy atom. The topological polar surface area (TPSA) is 109 Å². The van der Waals surface area contributed by atoms with Gasteiger partial charge < -0.3 is 14.5 Å². The fourth-order valence-electron chi connectivity index (χ4n) is 4.64. The average molecular weight is 581 g/mol. The molecule has 0 bridgehead atoms. The van der Waals surface area contributed by atoms with Crippen molar-refractivity contribution in [3.8, 4) is 6.07 Å². The Morgan fingerprint density at radius 2 is 1.71 bits per heavy atom. The highest BCUT2D eigenvalue weighted by molar-refractivity contribution is 5.96. The molecule has 1 heterocycles. The molecule has 0 spiro atoms. The third-order valence-electron chi connectivity index (χ3n) is 6.96. The molecule has 0 fully saturated rings. The van der Waals surface area contributed by atoms with E-state index in [0.29, 0.717) is 24.3 Å². The van der Waals surface area contributed by atoms with E-state index < -0.39 is 11.7 Å². The molecule has 42 heavy (non-hydrogen) atoms. The number of benzene rings is 2. The van der Waals surface area contributed by atoms with Gasteiger partial charge in [0.05, 0.1) is 24.7 Å². The summed E-state index contributed by atoms with van der Waals surface area (Å²) >= 11 is 0. The summed E-state index contributed by atoms with van der Waals surface area (Å²) in [5, 5.41) is 15.7. The number of amides is 3. The minimum absolute atomic E-state index is 0.0927. The second-order valence-electron chi connectivity index (χ2n) is 11.7. The standard InChI is InChI=1S/C31H41FN6O4/c1-21(2)37(30(41)42-31(4,5)6)12-13-38(27-14-23(16-33)9-8-22(27)3)29(40)18-34-17-28(39)35(7)36-19-24-10-11-26(32)15-25(24)20-36/h8-11,14-15,21,34H,12-13,17-20H2,1-7H3. The molecule has 0 saturated carbocycles. The van der Waals surface area contributed by atoms with Crippen molar-refractivity contribution < 1.29 is 23.5 Å². The number of nitrogens with zero attached hydrogens (tertiary/aromatic N) is 5. The van der Waals surface area contributed by atoms with E-state index in [1.54, 1.807) is 57.0 Å². The van der Waals surface area contributed by atoms with Gasteiger partial charge in [0.1, 0.15) is 11.4 Å². The lowest BCUT2D eigenvalue weighted by Crippen LogP contribution is -2.49. The highest BCUT2D eigenvalue weighted by atomic mass is 19.1. The van der Waals surface area contributed by atoms with Crippen LogP contribution in [0.1, 0.15) is 56.9 Å². The average Bonchev–Trinajstić information content (AvgIpc) is 3.33. The van der Waals surface area contributed by atoms with Gasteiger partial charge in [-0.25, -0.2) is 14.2 Å². The molecular weight excluding hydrogens is 539 g/mol. The smallest absolute Gasteiger partial charge is 0.410 e. The number of aryl methyl sites for hydroxylation is 1. The van der Waals surface area contributed by atoms with Crippen LogP contribution < -0.4 is 10.2 Å². The largest absolute Gasteiger partial charge is 0.444 e. The Kier molecular flexibility index (Phi) is 10.7. The minimum Gasteiger partial charge on any atom is -0.444 e. The second kappa shape index (κ2) is 13.8. The fraction of sp³-hybridized carbons (Fsp3) is 0.484. The van der Waals surface area contributed by atoms with E-state index >= 15 is 0 Å². The molecule has 3 rings (SSSR count). The van der Waals surface area contributed by atoms with Gasteiger partial charge >= 0.3 is 6.09 Å². The Hall–Kier alpha value is -4.01. The molecule has 11 heteroatoms. The highest BCUT2D eigenvalue weighted by Gasteiger charge is 2.28. The molecule has 2 aromatic carbocycles. The Bertz CT molecular complexity index is 1350. The molecule has 0 atom stereocenters. The van der Waals surface area contributed by atoms with Crippen molar-refractivity contribution in [3.05, 3.63) is 64.5 Å². The normalized spacial score (nSPS) is 13.0. The van der Waals surface area contributed by atoms with Gasteiger partial charge in [0.25, 0.3) is 5.91 Å². The molecule has 226 valence electrons. The number of nitrogens with one attached hydrogen (secondary N) is 1. The van der Waals surface area contributed by atoms with Crippen LogP contribution in [0.4, 0.5) is 14.9 Å². The van der Waals surface area contributed by atoms with E-state index in [4.69, 9.17) is 4.74 Å². The van der Waals surface area contributed by atoms with Gasteiger partial charge in [0, 0.05) is 45.0 Å². The van der Waals surface area contributed by atoms with Gasteiger partial charge in [0.15, 0.2) is 0 Å². The zero-order chi connectivity index (χ0) is 31.2. The zero-order valence-corrected chi connectivity index (χ0v) is 25.5. The van der Waals surface area contributed by atoms with Crippen LogP contribution in [-0.4, -0.2) is 77.7 Å². The SMILES string of the molecule is Cc1ccc(C#N)cc1N(CCN(C(=O)OC(C)(C)C)C(C)C)C(=O)CNCC(=O)N(C)N1Cc2ccc(F)cc2C1. The third kappa shape index (κ3) is 8.50. The Balaban J connectivity index is 1.68. The third-order valence-corrected chi connectivity index (χ3v) is 6.96. The first-order valence-corrected chi connectivity index (χ1v) is 14.0. The van der Waals surface area contributed by atoms with Gasteiger partial charge in [-0.15, -0.1) is 0 Å². The number of halogens is 1. The molecule has 10 nitrogen and oxygen atoms in total. The minimum atomic E-state index is -0.672. The summed E-state index contributed by atoms with van der Waals surface area (Å²) < 4.78 is 19.2. The lowest BCUT2D eigenvalue weighted by molar-refractivity contribution is -0.145. The summed E-state index contributed by atoms with van der Waals surface area (Å²) in [5.74, 6) is -0.880. The monoisotopic (exact) mass is 580 g/mol. The summed E-state index contributed by atoms with van der Waals surface area (Å²) in [6.07, 6.45) is -0.481. The van der Waals surface area contributed by atoms with Gasteiger partial charge in [-0.05, 0) is 82.5 Å². The number of likely N-dealkylation sites (N-methyl/N-ethyl adjacent to an activating group) is 1. The number of ether oxygens (including phenoxy) is 1. The van der Waals surface area contributed by atoms with Gasteiger partial charge in [-0.1, -0.05) is 12.1 Å². The lowest BCUT2D eigenvalue weighted by atomic mass is 10.1. The maximum Gasteiger partial charge on any atom is 0.410 e. The summed E-state index contributed by atoms with van der Waals surface area (Å²) in [6.45, 7) is 12.0. The van der Waals surface area contributed by atoms with Crippen LogP contribution in [0.5, 0.6) is 0 Å². The van der Waals surface area contributed by atoms with Crippen molar-refractivity contribution in [3.63, 3.8) is 0 Å². The number of hydrogen-bond donors (Lipinski definition) is 1. The molecule has 0 saturated heterocycles. The van der Waals surface area contributed by atoms with Gasteiger partial charge in [0.2, 0.25) is 5.91 Å². The Morgan fingerprint density at radius 1 is 1.05 bits per heavy atom. The molecule has 0 aliphatic carbocycles. The van der Waals surface area contributed by atoms with E-state index in [1.165, 1.54) is 22.0 Å². The highest BCUT2D eigenvalue weighted by Crippen LogP contribution is 2.25. The number of fused-ring (bicyclic) bond motifs is 1. The van der Waals surface area contributed by atoms with Crippen LogP contribution in [0, 0.1) is 24.1 Å². The number of hydrazine groups is 1.